The van der Waals surface area contributed by atoms with E-state index in [-0.39, 0.29) is 5.56 Å². The summed E-state index contributed by atoms with van der Waals surface area (Å²) in [4.78, 5) is 20.8. The van der Waals surface area contributed by atoms with E-state index in [9.17, 15) is 4.79 Å². The highest BCUT2D eigenvalue weighted by molar-refractivity contribution is 5.93. The molecule has 0 aliphatic rings. The van der Waals surface area contributed by atoms with Crippen molar-refractivity contribution in [3.8, 4) is 22.5 Å². The highest BCUT2D eigenvalue weighted by Gasteiger charge is 2.11. The Kier molecular flexibility index (Phi) is 6.05. The van der Waals surface area contributed by atoms with Crippen LogP contribution in [-0.4, -0.2) is 21.0 Å². The number of nitrogens with one attached hydrogen (secondary N) is 1. The molecule has 0 fully saturated rings. The molecule has 0 bridgehead atoms. The molecule has 2 N–H and O–H groups in total. The van der Waals surface area contributed by atoms with Crippen molar-refractivity contribution in [2.24, 2.45) is 0 Å². The Labute approximate surface area is 203 Å². The molecule has 5 heteroatoms. The minimum absolute atomic E-state index is 0.265. The third kappa shape index (κ3) is 4.80. The topological polar surface area (TPSA) is 75.1 Å². The number of nitrogens with zero attached hydrogens (tertiary/aromatic N) is 2. The molecule has 0 saturated carbocycles. The van der Waals surface area contributed by atoms with E-state index in [1.54, 1.807) is 12.1 Å². The Hall–Kier alpha value is -4.77. The van der Waals surface area contributed by atoms with Gasteiger partial charge in [-0.15, -0.1) is 0 Å². The third-order valence-corrected chi connectivity index (χ3v) is 5.87. The first-order chi connectivity index (χ1) is 17.1. The first kappa shape index (κ1) is 22.0. The molecular formula is C30H23N3O2. The van der Waals surface area contributed by atoms with Crippen LogP contribution >= 0.6 is 0 Å². The molecule has 5 aromatic rings. The lowest BCUT2D eigenvalue weighted by Gasteiger charge is -2.13. The smallest absolute Gasteiger partial charge is 0.335 e. The summed E-state index contributed by atoms with van der Waals surface area (Å²) >= 11 is 0. The Morgan fingerprint density at radius 1 is 0.829 bits per heavy atom. The van der Waals surface area contributed by atoms with E-state index in [2.05, 4.69) is 36.2 Å². The SMILES string of the molecule is C=Cc1ccc(-c2ccc3c(NCc4ccc(C(=O)O)cc4)nc(-c4ccccc4)nc3c2)cc1. The van der Waals surface area contributed by atoms with Gasteiger partial charge < -0.3 is 10.4 Å². The molecule has 0 unspecified atom stereocenters. The molecule has 1 aromatic heterocycles. The number of aromatic nitrogens is 2. The summed E-state index contributed by atoms with van der Waals surface area (Å²) in [7, 11) is 0. The molecule has 0 spiro atoms. The molecule has 170 valence electrons. The lowest BCUT2D eigenvalue weighted by molar-refractivity contribution is 0.0697. The quantitative estimate of drug-likeness (QED) is 0.277. The van der Waals surface area contributed by atoms with Crippen molar-refractivity contribution < 1.29 is 9.90 Å². The van der Waals surface area contributed by atoms with Gasteiger partial charge in [-0.1, -0.05) is 85.5 Å². The van der Waals surface area contributed by atoms with Gasteiger partial charge in [0.2, 0.25) is 0 Å². The number of carboxylic acid groups (broad SMARTS) is 1. The van der Waals surface area contributed by atoms with Crippen LogP contribution in [0.15, 0.2) is 104 Å². The molecule has 4 aromatic carbocycles. The minimum Gasteiger partial charge on any atom is -0.478 e. The fourth-order valence-electron chi connectivity index (χ4n) is 3.92. The molecule has 0 atom stereocenters. The molecule has 0 amide bonds. The number of hydrogen-bond donors (Lipinski definition) is 2. The largest absolute Gasteiger partial charge is 0.478 e. The first-order valence-corrected chi connectivity index (χ1v) is 11.3. The van der Waals surface area contributed by atoms with E-state index in [4.69, 9.17) is 15.1 Å². The highest BCUT2D eigenvalue weighted by atomic mass is 16.4. The fraction of sp³-hybridized carbons (Fsp3) is 0.0333. The lowest BCUT2D eigenvalue weighted by Crippen LogP contribution is -2.05. The van der Waals surface area contributed by atoms with Gasteiger partial charge in [0, 0.05) is 17.5 Å². The van der Waals surface area contributed by atoms with Crippen molar-refractivity contribution in [2.75, 3.05) is 5.32 Å². The van der Waals surface area contributed by atoms with Crippen molar-refractivity contribution in [3.63, 3.8) is 0 Å². The lowest BCUT2D eigenvalue weighted by atomic mass is 10.0. The van der Waals surface area contributed by atoms with Crippen molar-refractivity contribution >= 4 is 28.8 Å². The Morgan fingerprint density at radius 2 is 1.54 bits per heavy atom. The third-order valence-electron chi connectivity index (χ3n) is 5.87. The predicted molar refractivity (Wildman–Crippen MR) is 141 cm³/mol. The zero-order valence-corrected chi connectivity index (χ0v) is 19.0. The Balaban J connectivity index is 1.54. The Bertz CT molecular complexity index is 1510. The normalized spacial score (nSPS) is 10.7. The summed E-state index contributed by atoms with van der Waals surface area (Å²) in [5, 5.41) is 13.5. The summed E-state index contributed by atoms with van der Waals surface area (Å²) in [5.41, 5.74) is 6.25. The summed E-state index contributed by atoms with van der Waals surface area (Å²) in [5.74, 6) is 0.430. The van der Waals surface area contributed by atoms with Crippen LogP contribution in [0.2, 0.25) is 0 Å². The van der Waals surface area contributed by atoms with Crippen LogP contribution in [0.4, 0.5) is 5.82 Å². The van der Waals surface area contributed by atoms with Crippen LogP contribution < -0.4 is 5.32 Å². The van der Waals surface area contributed by atoms with Crippen LogP contribution in [0.3, 0.4) is 0 Å². The van der Waals surface area contributed by atoms with Crippen LogP contribution in [0.5, 0.6) is 0 Å². The summed E-state index contributed by atoms with van der Waals surface area (Å²) in [6.07, 6.45) is 1.83. The number of carboxylic acids is 1. The minimum atomic E-state index is -0.936. The van der Waals surface area contributed by atoms with Crippen LogP contribution in [0, 0.1) is 0 Å². The number of hydrogen-bond acceptors (Lipinski definition) is 4. The maximum absolute atomic E-state index is 11.1. The molecular weight excluding hydrogens is 434 g/mol. The zero-order valence-electron chi connectivity index (χ0n) is 19.0. The molecule has 35 heavy (non-hydrogen) atoms. The van der Waals surface area contributed by atoms with Gasteiger partial charge in [-0.2, -0.15) is 0 Å². The second kappa shape index (κ2) is 9.61. The highest BCUT2D eigenvalue weighted by Crippen LogP contribution is 2.30. The predicted octanol–water partition coefficient (Wildman–Crippen LogP) is 6.92. The maximum atomic E-state index is 11.1. The monoisotopic (exact) mass is 457 g/mol. The molecule has 0 aliphatic heterocycles. The van der Waals surface area contributed by atoms with E-state index in [1.807, 2.05) is 66.7 Å². The van der Waals surface area contributed by atoms with E-state index in [1.165, 1.54) is 0 Å². The zero-order chi connectivity index (χ0) is 24.2. The summed E-state index contributed by atoms with van der Waals surface area (Å²) in [6.45, 7) is 4.33. The number of rotatable bonds is 7. The average Bonchev–Trinajstić information content (AvgIpc) is 2.92. The van der Waals surface area contributed by atoms with Gasteiger partial charge in [0.25, 0.3) is 0 Å². The van der Waals surface area contributed by atoms with Crippen LogP contribution in [0.25, 0.3) is 39.5 Å². The van der Waals surface area contributed by atoms with Gasteiger partial charge >= 0.3 is 5.97 Å². The Morgan fingerprint density at radius 3 is 2.23 bits per heavy atom. The van der Waals surface area contributed by atoms with E-state index < -0.39 is 5.97 Å². The van der Waals surface area contributed by atoms with Crippen molar-refractivity contribution in [1.29, 1.82) is 0 Å². The van der Waals surface area contributed by atoms with Gasteiger partial charge in [0.15, 0.2) is 5.82 Å². The first-order valence-electron chi connectivity index (χ1n) is 11.3. The van der Waals surface area contributed by atoms with Gasteiger partial charge in [0.05, 0.1) is 11.1 Å². The molecule has 0 aliphatic carbocycles. The molecule has 0 saturated heterocycles. The molecule has 5 nitrogen and oxygen atoms in total. The molecule has 5 rings (SSSR count). The molecule has 1 heterocycles. The number of anilines is 1. The maximum Gasteiger partial charge on any atom is 0.335 e. The van der Waals surface area contributed by atoms with Gasteiger partial charge in [0.1, 0.15) is 5.82 Å². The second-order valence-electron chi connectivity index (χ2n) is 8.18. The van der Waals surface area contributed by atoms with Crippen LogP contribution in [0.1, 0.15) is 21.5 Å². The second-order valence-corrected chi connectivity index (χ2v) is 8.18. The van der Waals surface area contributed by atoms with Crippen molar-refractivity contribution in [3.05, 3.63) is 120 Å². The van der Waals surface area contributed by atoms with E-state index in [0.29, 0.717) is 12.4 Å². The van der Waals surface area contributed by atoms with Crippen molar-refractivity contribution in [2.45, 2.75) is 6.54 Å². The number of benzene rings is 4. The number of carbonyl (C=O) groups is 1. The molecule has 0 radical (unpaired) electrons. The van der Waals surface area contributed by atoms with Gasteiger partial charge in [-0.3, -0.25) is 0 Å². The van der Waals surface area contributed by atoms with Crippen molar-refractivity contribution in [1.82, 2.24) is 9.97 Å². The van der Waals surface area contributed by atoms with Gasteiger partial charge in [-0.25, -0.2) is 14.8 Å². The van der Waals surface area contributed by atoms with E-state index in [0.717, 1.165) is 44.5 Å². The van der Waals surface area contributed by atoms with Crippen LogP contribution in [-0.2, 0) is 6.54 Å². The fourth-order valence-corrected chi connectivity index (χ4v) is 3.92. The van der Waals surface area contributed by atoms with Gasteiger partial charge in [-0.05, 0) is 46.5 Å². The average molecular weight is 458 g/mol. The number of aromatic carboxylic acids is 1. The standard InChI is InChI=1S/C30H23N3O2/c1-2-20-8-12-22(13-9-20)25-16-17-26-27(18-25)32-28(23-6-4-3-5-7-23)33-29(26)31-19-21-10-14-24(15-11-21)30(34)35/h2-18H,1,19H2,(H,34,35)(H,31,32,33). The summed E-state index contributed by atoms with van der Waals surface area (Å²) < 4.78 is 0. The van der Waals surface area contributed by atoms with E-state index >= 15 is 0 Å². The summed E-state index contributed by atoms with van der Waals surface area (Å²) in [6, 6.07) is 31.2. The number of fused-ring (bicyclic) bond motifs is 1.